The molecule has 0 saturated carbocycles. The third-order valence-corrected chi connectivity index (χ3v) is 9.79. The number of terminal acetylenes is 2. The van der Waals surface area contributed by atoms with Crippen LogP contribution in [0.4, 0.5) is 0 Å². The molecule has 0 spiro atoms. The van der Waals surface area contributed by atoms with Crippen molar-refractivity contribution in [2.75, 3.05) is 13.1 Å². The molecule has 0 radical (unpaired) electrons. The average Bonchev–Trinajstić information content (AvgIpc) is 3.07. The second-order valence-electron chi connectivity index (χ2n) is 12.4. The lowest BCUT2D eigenvalue weighted by Crippen LogP contribution is -2.41. The van der Waals surface area contributed by atoms with Crippen molar-refractivity contribution in [3.8, 4) is 24.7 Å². The van der Waals surface area contributed by atoms with Crippen LogP contribution in [0.3, 0.4) is 0 Å². The molecule has 7 rings (SSSR count). The van der Waals surface area contributed by atoms with Crippen LogP contribution in [-0.2, 0) is 0 Å². The van der Waals surface area contributed by atoms with Crippen molar-refractivity contribution in [3.63, 3.8) is 0 Å². The van der Waals surface area contributed by atoms with E-state index in [1.165, 1.54) is 9.80 Å². The number of carbonyl (C=O) groups is 4. The molecule has 0 N–H and O–H groups in total. The van der Waals surface area contributed by atoms with Gasteiger partial charge in [-0.2, -0.15) is 0 Å². The van der Waals surface area contributed by atoms with Crippen LogP contribution in [0, 0.1) is 24.7 Å². The highest BCUT2D eigenvalue weighted by atomic mass is 16.2. The van der Waals surface area contributed by atoms with E-state index in [4.69, 9.17) is 12.8 Å². The molecule has 2 heterocycles. The molecule has 0 unspecified atom stereocenters. The van der Waals surface area contributed by atoms with Crippen molar-refractivity contribution >= 4 is 66.7 Å². The fourth-order valence-corrected chi connectivity index (χ4v) is 7.59. The minimum absolute atomic E-state index is 0.316. The highest BCUT2D eigenvalue weighted by molar-refractivity contribution is 6.42. The van der Waals surface area contributed by atoms with Gasteiger partial charge in [0.15, 0.2) is 0 Å². The van der Waals surface area contributed by atoms with Gasteiger partial charge in [-0.05, 0) is 47.9 Å². The van der Waals surface area contributed by atoms with Crippen LogP contribution in [0.15, 0.2) is 36.4 Å². The molecular weight excluding hydrogens is 572 g/mol. The van der Waals surface area contributed by atoms with E-state index < -0.39 is 0 Å². The van der Waals surface area contributed by atoms with Gasteiger partial charge >= 0.3 is 0 Å². The number of amides is 4. The Morgan fingerprint density at radius 2 is 0.891 bits per heavy atom. The number of fused-ring (bicyclic) bond motifs is 2. The fraction of sp³-hybridized carbons (Fsp3) is 0.300. The van der Waals surface area contributed by atoms with E-state index in [9.17, 15) is 19.2 Å². The minimum Gasteiger partial charge on any atom is -0.274 e. The Hall–Kier alpha value is -5.20. The molecule has 0 fully saturated rings. The van der Waals surface area contributed by atoms with Crippen LogP contribution in [0.2, 0.25) is 0 Å². The van der Waals surface area contributed by atoms with Crippen molar-refractivity contribution in [3.05, 3.63) is 69.8 Å². The lowest BCUT2D eigenvalue weighted by Gasteiger charge is -2.31. The Labute approximate surface area is 268 Å². The van der Waals surface area contributed by atoms with Crippen LogP contribution in [-0.4, -0.2) is 46.5 Å². The van der Waals surface area contributed by atoms with Gasteiger partial charge in [-0.3, -0.25) is 29.0 Å². The summed E-state index contributed by atoms with van der Waals surface area (Å²) in [6.07, 6.45) is 19.8. The summed E-state index contributed by atoms with van der Waals surface area (Å²) in [5.74, 6) is 4.28. The van der Waals surface area contributed by atoms with E-state index in [1.807, 2.05) is 12.1 Å². The molecule has 0 saturated heterocycles. The molecule has 0 aliphatic carbocycles. The largest absolute Gasteiger partial charge is 0.274 e. The lowest BCUT2D eigenvalue weighted by atomic mass is 9.79. The number of unbranched alkanes of at least 4 members (excludes halogenated alkanes) is 6. The average molecular weight is 607 g/mol. The summed E-state index contributed by atoms with van der Waals surface area (Å²) in [5, 5.41) is 5.41. The van der Waals surface area contributed by atoms with Gasteiger partial charge in [-0.25, -0.2) is 0 Å². The smallest absolute Gasteiger partial charge is 0.261 e. The van der Waals surface area contributed by atoms with Gasteiger partial charge in [-0.1, -0.05) is 76.3 Å². The maximum Gasteiger partial charge on any atom is 0.261 e. The van der Waals surface area contributed by atoms with Gasteiger partial charge in [0.05, 0.1) is 0 Å². The zero-order chi connectivity index (χ0) is 32.3. The second-order valence-corrected chi connectivity index (χ2v) is 12.4. The SMILES string of the molecule is C#Cc1cc2c3c(ccc4c5c(C#C)cc6c7c(ccc(c1c34)c75)C(=O)N(CCCCCC)C6=O)C(=O)N(CCCCCC)C2=O. The first-order valence-electron chi connectivity index (χ1n) is 16.3. The maximum atomic E-state index is 13.9. The summed E-state index contributed by atoms with van der Waals surface area (Å²) < 4.78 is 0. The molecule has 5 aromatic carbocycles. The third kappa shape index (κ3) is 4.06. The Morgan fingerprint density at radius 1 is 0.500 bits per heavy atom. The van der Waals surface area contributed by atoms with E-state index in [2.05, 4.69) is 25.7 Å². The van der Waals surface area contributed by atoms with Gasteiger partial charge in [0.1, 0.15) is 0 Å². The van der Waals surface area contributed by atoms with E-state index in [0.717, 1.165) is 62.1 Å². The molecule has 228 valence electrons. The third-order valence-electron chi connectivity index (χ3n) is 9.79. The molecule has 6 nitrogen and oxygen atoms in total. The molecule has 0 atom stereocenters. The van der Waals surface area contributed by atoms with Crippen molar-refractivity contribution in [1.29, 1.82) is 0 Å². The maximum absolute atomic E-state index is 13.9. The van der Waals surface area contributed by atoms with Crippen molar-refractivity contribution in [2.45, 2.75) is 65.2 Å². The van der Waals surface area contributed by atoms with Crippen LogP contribution in [0.25, 0.3) is 43.1 Å². The number of rotatable bonds is 10. The van der Waals surface area contributed by atoms with Gasteiger partial charge in [-0.15, -0.1) is 12.8 Å². The monoisotopic (exact) mass is 606 g/mol. The summed E-state index contributed by atoms with van der Waals surface area (Å²) in [6, 6.07) is 10.7. The van der Waals surface area contributed by atoms with Crippen LogP contribution in [0.5, 0.6) is 0 Å². The molecule has 0 aromatic heterocycles. The summed E-state index contributed by atoms with van der Waals surface area (Å²) >= 11 is 0. The van der Waals surface area contributed by atoms with Crippen molar-refractivity contribution < 1.29 is 19.2 Å². The molecule has 0 bridgehead atoms. The first-order chi connectivity index (χ1) is 22.4. The van der Waals surface area contributed by atoms with Crippen LogP contribution in [0.1, 0.15) is 118 Å². The summed E-state index contributed by atoms with van der Waals surface area (Å²) in [6.45, 7) is 4.93. The van der Waals surface area contributed by atoms with Crippen molar-refractivity contribution in [2.24, 2.45) is 0 Å². The number of carbonyl (C=O) groups excluding carboxylic acids is 4. The Balaban J connectivity index is 1.52. The zero-order valence-electron chi connectivity index (χ0n) is 26.2. The predicted molar refractivity (Wildman–Crippen MR) is 183 cm³/mol. The topological polar surface area (TPSA) is 74.8 Å². The van der Waals surface area contributed by atoms with Crippen LogP contribution < -0.4 is 0 Å². The molecule has 46 heavy (non-hydrogen) atoms. The highest BCUT2D eigenvalue weighted by Crippen LogP contribution is 2.48. The molecule has 5 aromatic rings. The van der Waals surface area contributed by atoms with Gasteiger partial charge in [0.2, 0.25) is 0 Å². The molecular formula is C40H34N2O4. The number of imide groups is 2. The first-order valence-corrected chi connectivity index (χ1v) is 16.3. The lowest BCUT2D eigenvalue weighted by molar-refractivity contribution is 0.0592. The van der Waals surface area contributed by atoms with Crippen molar-refractivity contribution in [1.82, 2.24) is 9.80 Å². The Bertz CT molecular complexity index is 2090. The van der Waals surface area contributed by atoms with Gasteiger partial charge in [0, 0.05) is 78.8 Å². The summed E-state index contributed by atoms with van der Waals surface area (Å²) in [5.41, 5.74) is 2.73. The predicted octanol–water partition coefficient (Wildman–Crippen LogP) is 8.05. The number of hydrogen-bond acceptors (Lipinski definition) is 4. The number of benzene rings is 5. The summed E-state index contributed by atoms with van der Waals surface area (Å²) in [4.78, 5) is 58.1. The fourth-order valence-electron chi connectivity index (χ4n) is 7.59. The number of hydrogen-bond donors (Lipinski definition) is 0. The molecule has 6 heteroatoms. The summed E-state index contributed by atoms with van der Waals surface area (Å²) in [7, 11) is 0. The second kappa shape index (κ2) is 11.3. The quantitative estimate of drug-likeness (QED) is 0.0530. The van der Waals surface area contributed by atoms with Gasteiger partial charge in [0.25, 0.3) is 23.6 Å². The molecule has 2 aliphatic heterocycles. The molecule has 2 aliphatic rings. The molecule has 4 amide bonds. The Morgan fingerprint density at radius 3 is 1.26 bits per heavy atom. The normalized spacial score (nSPS) is 14.3. The highest BCUT2D eigenvalue weighted by Gasteiger charge is 2.37. The standard InChI is InChI=1S/C40H34N2O4/c1-5-9-11-13-19-41-37(43)27-17-15-25-32-24(8-4)22-30-34-28(38(44)42(40(30)46)20-14-12-10-6-2)18-16-26(36(32)34)31-23(7-3)21-29(39(41)45)33(27)35(25)31/h3-4,15-18,21-22H,5-6,9-14,19-20H2,1-2H3. The van der Waals surface area contributed by atoms with Gasteiger partial charge < -0.3 is 0 Å². The van der Waals surface area contributed by atoms with E-state index in [0.29, 0.717) is 78.8 Å². The van der Waals surface area contributed by atoms with Crippen LogP contribution >= 0.6 is 0 Å². The zero-order valence-corrected chi connectivity index (χ0v) is 26.2. The Kier molecular flexibility index (Phi) is 7.25. The number of nitrogens with zero attached hydrogens (tertiary/aromatic N) is 2. The van der Waals surface area contributed by atoms with E-state index >= 15 is 0 Å². The van der Waals surface area contributed by atoms with E-state index in [1.54, 1.807) is 24.3 Å². The minimum atomic E-state index is -0.349. The first kappa shape index (κ1) is 29.5. The van der Waals surface area contributed by atoms with E-state index in [-0.39, 0.29) is 23.6 Å².